The second-order valence-electron chi connectivity index (χ2n) is 5.04. The minimum atomic E-state index is -0.799. The van der Waals surface area contributed by atoms with Crippen molar-refractivity contribution >= 4 is 5.97 Å². The van der Waals surface area contributed by atoms with Gasteiger partial charge in [0.25, 0.3) is 0 Å². The maximum absolute atomic E-state index is 10.3. The lowest BCUT2D eigenvalue weighted by Gasteiger charge is -2.03. The molecule has 0 aliphatic carbocycles. The first kappa shape index (κ1) is 20.3. The number of unbranched alkanes of at least 4 members (excludes halogenated alkanes) is 1. The third-order valence-electron chi connectivity index (χ3n) is 2.92. The molecule has 0 spiro atoms. The smallest absolute Gasteiger partial charge is 0.303 e. The Labute approximate surface area is 133 Å². The Morgan fingerprint density at radius 3 is 2.18 bits per heavy atom. The highest BCUT2D eigenvalue weighted by molar-refractivity contribution is 5.66. The van der Waals surface area contributed by atoms with E-state index in [0.29, 0.717) is 25.7 Å². The average Bonchev–Trinajstić information content (AvgIpc) is 2.47. The highest BCUT2D eigenvalue weighted by Gasteiger charge is 2.00. The van der Waals surface area contributed by atoms with Crippen LogP contribution in [0.4, 0.5) is 0 Å². The molecule has 0 radical (unpaired) electrons. The number of aliphatic hydroxyl groups excluding tert-OH is 2. The zero-order valence-corrected chi connectivity index (χ0v) is 13.3. The maximum atomic E-state index is 10.3. The molecule has 0 saturated carbocycles. The molecule has 0 fully saturated rings. The summed E-state index contributed by atoms with van der Waals surface area (Å²) in [4.78, 5) is 10.3. The topological polar surface area (TPSA) is 77.8 Å². The van der Waals surface area contributed by atoms with Crippen molar-refractivity contribution in [2.75, 3.05) is 0 Å². The first-order chi connectivity index (χ1) is 10.6. The molecule has 124 valence electrons. The summed E-state index contributed by atoms with van der Waals surface area (Å²) in [5.74, 6) is -0.799. The van der Waals surface area contributed by atoms with Crippen molar-refractivity contribution in [3.63, 3.8) is 0 Å². The SMILES string of the molecule is CCC=CCC(O)C=CC=CC=CC(O)CCCCC(=O)O. The fourth-order valence-electron chi connectivity index (χ4n) is 1.72. The van der Waals surface area contributed by atoms with Crippen molar-refractivity contribution in [1.29, 1.82) is 0 Å². The van der Waals surface area contributed by atoms with Crippen LogP contribution in [0, 0.1) is 0 Å². The summed E-state index contributed by atoms with van der Waals surface area (Å²) in [5, 5.41) is 27.7. The summed E-state index contributed by atoms with van der Waals surface area (Å²) in [5.41, 5.74) is 0. The van der Waals surface area contributed by atoms with Gasteiger partial charge in [0.2, 0.25) is 0 Å². The zero-order chi connectivity index (χ0) is 16.6. The van der Waals surface area contributed by atoms with Gasteiger partial charge in [-0.15, -0.1) is 0 Å². The van der Waals surface area contributed by atoms with E-state index < -0.39 is 18.2 Å². The number of carbonyl (C=O) groups is 1. The van der Waals surface area contributed by atoms with Crippen molar-refractivity contribution in [1.82, 2.24) is 0 Å². The Hall–Kier alpha value is -1.65. The Bertz CT molecular complexity index is 394. The van der Waals surface area contributed by atoms with E-state index in [1.807, 2.05) is 19.1 Å². The molecule has 0 aromatic heterocycles. The van der Waals surface area contributed by atoms with Gasteiger partial charge in [0.15, 0.2) is 0 Å². The molecule has 0 heterocycles. The van der Waals surface area contributed by atoms with Crippen molar-refractivity contribution < 1.29 is 20.1 Å². The molecule has 0 aromatic rings. The van der Waals surface area contributed by atoms with Gasteiger partial charge in [-0.05, 0) is 32.1 Å². The van der Waals surface area contributed by atoms with Crippen LogP contribution in [0.15, 0.2) is 48.6 Å². The first-order valence-corrected chi connectivity index (χ1v) is 7.80. The largest absolute Gasteiger partial charge is 0.481 e. The number of aliphatic hydroxyl groups is 2. The Morgan fingerprint density at radius 2 is 1.59 bits per heavy atom. The van der Waals surface area contributed by atoms with Gasteiger partial charge < -0.3 is 15.3 Å². The molecule has 3 N–H and O–H groups in total. The van der Waals surface area contributed by atoms with Crippen LogP contribution < -0.4 is 0 Å². The summed E-state index contributed by atoms with van der Waals surface area (Å²) in [6, 6.07) is 0. The number of aliphatic carboxylic acids is 1. The van der Waals surface area contributed by atoms with Crippen molar-refractivity contribution in [3.8, 4) is 0 Å². The number of hydrogen-bond donors (Lipinski definition) is 3. The van der Waals surface area contributed by atoms with Gasteiger partial charge in [0.1, 0.15) is 0 Å². The standard InChI is InChI=1S/C18H28O4/c1-2-3-6-11-16(19)12-7-4-5-8-13-17(20)14-9-10-15-18(21)22/h3-8,12-13,16-17,19-20H,2,9-11,14-15H2,1H3,(H,21,22). The van der Waals surface area contributed by atoms with Crippen molar-refractivity contribution in [2.24, 2.45) is 0 Å². The van der Waals surface area contributed by atoms with Crippen LogP contribution in [0.3, 0.4) is 0 Å². The van der Waals surface area contributed by atoms with Gasteiger partial charge in [-0.2, -0.15) is 0 Å². The van der Waals surface area contributed by atoms with Crippen LogP contribution in [0.1, 0.15) is 45.4 Å². The predicted octanol–water partition coefficient (Wildman–Crippen LogP) is 3.38. The van der Waals surface area contributed by atoms with Gasteiger partial charge in [0, 0.05) is 6.42 Å². The third-order valence-corrected chi connectivity index (χ3v) is 2.92. The minimum absolute atomic E-state index is 0.150. The molecule has 0 saturated heterocycles. The highest BCUT2D eigenvalue weighted by atomic mass is 16.4. The van der Waals surface area contributed by atoms with E-state index in [4.69, 9.17) is 5.11 Å². The molecular weight excluding hydrogens is 280 g/mol. The summed E-state index contributed by atoms with van der Waals surface area (Å²) in [7, 11) is 0. The lowest BCUT2D eigenvalue weighted by atomic mass is 10.1. The summed E-state index contributed by atoms with van der Waals surface area (Å²) in [6.45, 7) is 2.05. The average molecular weight is 308 g/mol. The second-order valence-corrected chi connectivity index (χ2v) is 5.04. The molecule has 22 heavy (non-hydrogen) atoms. The van der Waals surface area contributed by atoms with Crippen LogP contribution in [-0.2, 0) is 4.79 Å². The number of hydrogen-bond acceptors (Lipinski definition) is 3. The van der Waals surface area contributed by atoms with Gasteiger partial charge in [-0.25, -0.2) is 0 Å². The van der Waals surface area contributed by atoms with Crippen LogP contribution >= 0.6 is 0 Å². The maximum Gasteiger partial charge on any atom is 0.303 e. The monoisotopic (exact) mass is 308 g/mol. The third kappa shape index (κ3) is 14.8. The van der Waals surface area contributed by atoms with E-state index in [0.717, 1.165) is 6.42 Å². The normalized spacial score (nSPS) is 15.4. The Kier molecular flexibility index (Phi) is 13.2. The molecule has 0 bridgehead atoms. The second kappa shape index (κ2) is 14.3. The van der Waals surface area contributed by atoms with Crippen LogP contribution in [0.2, 0.25) is 0 Å². The van der Waals surface area contributed by atoms with Gasteiger partial charge in [0.05, 0.1) is 12.2 Å². The quantitative estimate of drug-likeness (QED) is 0.293. The Balaban J connectivity index is 3.81. The van der Waals surface area contributed by atoms with Crippen LogP contribution in [0.5, 0.6) is 0 Å². The summed E-state index contributed by atoms with van der Waals surface area (Å²) < 4.78 is 0. The molecule has 2 unspecified atom stereocenters. The number of carboxylic acid groups (broad SMARTS) is 1. The van der Waals surface area contributed by atoms with Crippen LogP contribution in [-0.4, -0.2) is 33.5 Å². The molecule has 2 atom stereocenters. The fraction of sp³-hybridized carbons (Fsp3) is 0.500. The molecule has 0 aromatic carbocycles. The lowest BCUT2D eigenvalue weighted by molar-refractivity contribution is -0.137. The Morgan fingerprint density at radius 1 is 0.955 bits per heavy atom. The molecule has 0 amide bonds. The molecule has 4 nitrogen and oxygen atoms in total. The van der Waals surface area contributed by atoms with E-state index in [-0.39, 0.29) is 6.42 Å². The number of carboxylic acids is 1. The minimum Gasteiger partial charge on any atom is -0.481 e. The first-order valence-electron chi connectivity index (χ1n) is 7.80. The van der Waals surface area contributed by atoms with Gasteiger partial charge in [-0.1, -0.05) is 55.5 Å². The van der Waals surface area contributed by atoms with E-state index in [1.165, 1.54) is 0 Å². The van der Waals surface area contributed by atoms with E-state index in [9.17, 15) is 15.0 Å². The van der Waals surface area contributed by atoms with Crippen molar-refractivity contribution in [2.45, 2.75) is 57.7 Å². The van der Waals surface area contributed by atoms with E-state index >= 15 is 0 Å². The molecule has 0 rings (SSSR count). The number of allylic oxidation sites excluding steroid dienone is 5. The molecule has 4 heteroatoms. The molecule has 0 aliphatic heterocycles. The van der Waals surface area contributed by atoms with E-state index in [2.05, 4.69) is 0 Å². The fourth-order valence-corrected chi connectivity index (χ4v) is 1.72. The molecular formula is C18H28O4. The summed E-state index contributed by atoms with van der Waals surface area (Å²) >= 11 is 0. The molecule has 0 aliphatic rings. The van der Waals surface area contributed by atoms with Crippen molar-refractivity contribution in [3.05, 3.63) is 48.6 Å². The highest BCUT2D eigenvalue weighted by Crippen LogP contribution is 2.05. The zero-order valence-electron chi connectivity index (χ0n) is 13.3. The van der Waals surface area contributed by atoms with Gasteiger partial charge in [-0.3, -0.25) is 4.79 Å². The van der Waals surface area contributed by atoms with Crippen LogP contribution in [0.25, 0.3) is 0 Å². The lowest BCUT2D eigenvalue weighted by Crippen LogP contribution is -2.02. The number of rotatable bonds is 12. The predicted molar refractivity (Wildman–Crippen MR) is 89.6 cm³/mol. The van der Waals surface area contributed by atoms with E-state index in [1.54, 1.807) is 36.5 Å². The van der Waals surface area contributed by atoms with Gasteiger partial charge >= 0.3 is 5.97 Å². The summed E-state index contributed by atoms with van der Waals surface area (Å²) in [6.07, 6.45) is 17.0.